The summed E-state index contributed by atoms with van der Waals surface area (Å²) in [6, 6.07) is 0.489. The molecule has 0 N–H and O–H groups in total. The van der Waals surface area contributed by atoms with Crippen LogP contribution in [0, 0.1) is 5.92 Å². The topological polar surface area (TPSA) is 46.6 Å². The number of carbonyl (C=O) groups is 2. The molecule has 2 aliphatic rings. The highest BCUT2D eigenvalue weighted by Gasteiger charge is 2.41. The van der Waals surface area contributed by atoms with Crippen molar-refractivity contribution in [1.82, 2.24) is 4.90 Å². The van der Waals surface area contributed by atoms with Gasteiger partial charge in [-0.15, -0.1) is 0 Å². The quantitative estimate of drug-likeness (QED) is 0.596. The van der Waals surface area contributed by atoms with E-state index in [2.05, 4.69) is 11.9 Å². The van der Waals surface area contributed by atoms with Gasteiger partial charge in [0.2, 0.25) is 0 Å². The maximum absolute atomic E-state index is 11.5. The summed E-state index contributed by atoms with van der Waals surface area (Å²) < 4.78 is 4.77. The van der Waals surface area contributed by atoms with Gasteiger partial charge in [-0.25, -0.2) is 0 Å². The Bertz CT molecular complexity index is 272. The zero-order valence-electron chi connectivity index (χ0n) is 9.23. The minimum absolute atomic E-state index is 0.00528. The molecule has 0 aromatic carbocycles. The number of methoxy groups -OCH3 is 1. The Morgan fingerprint density at radius 1 is 1.33 bits per heavy atom. The van der Waals surface area contributed by atoms with E-state index in [1.165, 1.54) is 7.11 Å². The molecule has 0 spiro atoms. The number of Topliss-reactive ketones (excluding diaryl/α,β-unsaturated/α-hetero) is 1. The molecule has 0 aromatic heterocycles. The Kier molecular flexibility index (Phi) is 2.78. The second kappa shape index (κ2) is 3.93. The number of carbonyl (C=O) groups excluding carboxylic acids is 2. The van der Waals surface area contributed by atoms with Crippen molar-refractivity contribution in [1.29, 1.82) is 0 Å². The standard InChI is InChI=1S/C11H17NO3/c1-12-8-3-7(11(14)15-2)4-9(12)6-10(13)5-8/h7-9H,3-6H2,1-2H3/t7?,8-,9+. The second-order valence-corrected chi connectivity index (χ2v) is 4.61. The summed E-state index contributed by atoms with van der Waals surface area (Å²) in [4.78, 5) is 25.1. The number of fused-ring (bicyclic) bond motifs is 2. The van der Waals surface area contributed by atoms with Crippen molar-refractivity contribution in [2.45, 2.75) is 37.8 Å². The van der Waals surface area contributed by atoms with Gasteiger partial charge in [-0.2, -0.15) is 0 Å². The zero-order valence-corrected chi connectivity index (χ0v) is 9.23. The largest absolute Gasteiger partial charge is 0.469 e. The van der Waals surface area contributed by atoms with E-state index in [1.54, 1.807) is 0 Å². The van der Waals surface area contributed by atoms with Gasteiger partial charge in [0.1, 0.15) is 5.78 Å². The van der Waals surface area contributed by atoms with Crippen LogP contribution in [0.3, 0.4) is 0 Å². The summed E-state index contributed by atoms with van der Waals surface area (Å²) in [5.41, 5.74) is 0. The van der Waals surface area contributed by atoms with Crippen LogP contribution in [-0.4, -0.2) is 42.9 Å². The van der Waals surface area contributed by atoms with Gasteiger partial charge in [-0.3, -0.25) is 14.5 Å². The Labute approximate surface area is 89.6 Å². The zero-order chi connectivity index (χ0) is 11.0. The first-order valence-electron chi connectivity index (χ1n) is 5.43. The third-order valence-corrected chi connectivity index (χ3v) is 3.73. The number of ketones is 1. The van der Waals surface area contributed by atoms with Crippen molar-refractivity contribution in [3.63, 3.8) is 0 Å². The lowest BCUT2D eigenvalue weighted by Crippen LogP contribution is -2.53. The van der Waals surface area contributed by atoms with Crippen molar-refractivity contribution < 1.29 is 14.3 Å². The van der Waals surface area contributed by atoms with E-state index < -0.39 is 0 Å². The number of hydrogen-bond acceptors (Lipinski definition) is 4. The van der Waals surface area contributed by atoms with Gasteiger partial charge in [-0.05, 0) is 19.9 Å². The molecule has 0 saturated carbocycles. The lowest BCUT2D eigenvalue weighted by Gasteiger charge is -2.45. The molecule has 0 aromatic rings. The van der Waals surface area contributed by atoms with Crippen molar-refractivity contribution in [2.75, 3.05) is 14.2 Å². The van der Waals surface area contributed by atoms with Crippen LogP contribution in [0.4, 0.5) is 0 Å². The van der Waals surface area contributed by atoms with E-state index in [-0.39, 0.29) is 24.0 Å². The maximum Gasteiger partial charge on any atom is 0.308 e. The molecule has 3 atom stereocenters. The normalized spacial score (nSPS) is 36.4. The summed E-state index contributed by atoms with van der Waals surface area (Å²) in [6.45, 7) is 0. The van der Waals surface area contributed by atoms with Crippen LogP contribution in [0.2, 0.25) is 0 Å². The average Bonchev–Trinajstić information content (AvgIpc) is 2.19. The monoisotopic (exact) mass is 211 g/mol. The molecule has 0 amide bonds. The fraction of sp³-hybridized carbons (Fsp3) is 0.818. The van der Waals surface area contributed by atoms with Gasteiger partial charge in [0.25, 0.3) is 0 Å². The van der Waals surface area contributed by atoms with Crippen LogP contribution in [0.5, 0.6) is 0 Å². The van der Waals surface area contributed by atoms with Crippen molar-refractivity contribution >= 4 is 11.8 Å². The van der Waals surface area contributed by atoms with Crippen molar-refractivity contribution in [3.05, 3.63) is 0 Å². The summed E-state index contributed by atoms with van der Waals surface area (Å²) in [6.07, 6.45) is 2.73. The molecule has 84 valence electrons. The molecule has 2 saturated heterocycles. The van der Waals surface area contributed by atoms with Gasteiger partial charge in [0.15, 0.2) is 0 Å². The molecular formula is C11H17NO3. The highest BCUT2D eigenvalue weighted by atomic mass is 16.5. The maximum atomic E-state index is 11.5. The van der Waals surface area contributed by atoms with Crippen LogP contribution in [0.25, 0.3) is 0 Å². The predicted octanol–water partition coefficient (Wildman–Crippen LogP) is 0.601. The SMILES string of the molecule is COC(=O)C1C[C@H]2CC(=O)C[C@@H](C1)N2C. The van der Waals surface area contributed by atoms with E-state index in [0.717, 1.165) is 12.8 Å². The lowest BCUT2D eigenvalue weighted by atomic mass is 9.78. The molecule has 1 unspecified atom stereocenters. The lowest BCUT2D eigenvalue weighted by molar-refractivity contribution is -0.151. The van der Waals surface area contributed by atoms with Crippen LogP contribution in [0.1, 0.15) is 25.7 Å². The molecule has 2 aliphatic heterocycles. The summed E-state index contributed by atoms with van der Waals surface area (Å²) in [5.74, 6) is 0.216. The molecule has 4 nitrogen and oxygen atoms in total. The third-order valence-electron chi connectivity index (χ3n) is 3.73. The summed E-state index contributed by atoms with van der Waals surface area (Å²) in [7, 11) is 3.48. The summed E-state index contributed by atoms with van der Waals surface area (Å²) in [5, 5.41) is 0. The fourth-order valence-corrected chi connectivity index (χ4v) is 2.81. The smallest absolute Gasteiger partial charge is 0.308 e. The van der Waals surface area contributed by atoms with Gasteiger partial charge >= 0.3 is 5.97 Å². The molecule has 0 radical (unpaired) electrons. The number of esters is 1. The van der Waals surface area contributed by atoms with E-state index in [1.807, 2.05) is 0 Å². The number of hydrogen-bond donors (Lipinski definition) is 0. The second-order valence-electron chi connectivity index (χ2n) is 4.61. The van der Waals surface area contributed by atoms with Crippen molar-refractivity contribution in [3.8, 4) is 0 Å². The molecule has 2 fully saturated rings. The molecular weight excluding hydrogens is 194 g/mol. The van der Waals surface area contributed by atoms with Crippen molar-refractivity contribution in [2.24, 2.45) is 5.92 Å². The Morgan fingerprint density at radius 2 is 1.87 bits per heavy atom. The molecule has 2 heterocycles. The third kappa shape index (κ3) is 1.91. The van der Waals surface area contributed by atoms with Crippen LogP contribution in [0.15, 0.2) is 0 Å². The molecule has 15 heavy (non-hydrogen) atoms. The van der Waals surface area contributed by atoms with Gasteiger partial charge in [-0.1, -0.05) is 0 Å². The first-order valence-corrected chi connectivity index (χ1v) is 5.43. The van der Waals surface area contributed by atoms with Crippen LogP contribution >= 0.6 is 0 Å². The summed E-state index contributed by atoms with van der Waals surface area (Å²) >= 11 is 0. The molecule has 0 aliphatic carbocycles. The van der Waals surface area contributed by atoms with E-state index >= 15 is 0 Å². The fourth-order valence-electron chi connectivity index (χ4n) is 2.81. The molecule has 2 rings (SSSR count). The van der Waals surface area contributed by atoms with E-state index in [0.29, 0.717) is 18.6 Å². The van der Waals surface area contributed by atoms with Gasteiger partial charge in [0.05, 0.1) is 13.0 Å². The Hall–Kier alpha value is -0.900. The highest BCUT2D eigenvalue weighted by molar-refractivity contribution is 5.81. The number of ether oxygens (including phenoxy) is 1. The van der Waals surface area contributed by atoms with Crippen LogP contribution < -0.4 is 0 Å². The number of piperidine rings is 2. The Morgan fingerprint density at radius 3 is 2.33 bits per heavy atom. The number of nitrogens with zero attached hydrogens (tertiary/aromatic N) is 1. The first-order chi connectivity index (χ1) is 7.11. The van der Waals surface area contributed by atoms with Gasteiger partial charge < -0.3 is 4.74 Å². The molecule has 2 bridgehead atoms. The average molecular weight is 211 g/mol. The molecule has 4 heteroatoms. The van der Waals surface area contributed by atoms with E-state index in [9.17, 15) is 9.59 Å². The first kappa shape index (κ1) is 10.6. The van der Waals surface area contributed by atoms with Crippen LogP contribution in [-0.2, 0) is 14.3 Å². The minimum atomic E-state index is -0.118. The highest BCUT2D eigenvalue weighted by Crippen LogP contribution is 2.34. The predicted molar refractivity (Wildman–Crippen MR) is 54.3 cm³/mol. The Balaban J connectivity index is 2.09. The van der Waals surface area contributed by atoms with E-state index in [4.69, 9.17) is 4.74 Å². The van der Waals surface area contributed by atoms with Gasteiger partial charge in [0, 0.05) is 24.9 Å². The number of rotatable bonds is 1. The minimum Gasteiger partial charge on any atom is -0.469 e.